The molecule has 1 aliphatic heterocycles. The smallest absolute Gasteiger partial charge is 0.306 e. The van der Waals surface area contributed by atoms with Crippen molar-refractivity contribution in [3.63, 3.8) is 0 Å². The van der Waals surface area contributed by atoms with Crippen LogP contribution in [0.25, 0.3) is 0 Å². The van der Waals surface area contributed by atoms with Crippen molar-refractivity contribution in [2.24, 2.45) is 22.7 Å². The van der Waals surface area contributed by atoms with Crippen molar-refractivity contribution in [3.8, 4) is 0 Å². The topological polar surface area (TPSA) is 58.9 Å². The highest BCUT2D eigenvalue weighted by Crippen LogP contribution is 2.31. The lowest BCUT2D eigenvalue weighted by molar-refractivity contribution is -0.142. The second-order valence-electron chi connectivity index (χ2n) is 6.95. The molecule has 1 fully saturated rings. The number of rotatable bonds is 8. The van der Waals surface area contributed by atoms with Crippen LogP contribution in [0.15, 0.2) is 4.99 Å². The highest BCUT2D eigenvalue weighted by Gasteiger charge is 2.31. The number of unbranched alkanes of at least 4 members (excludes halogenated alkanes) is 4. The molecule has 2 rings (SSSR count). The van der Waals surface area contributed by atoms with Gasteiger partial charge in [-0.05, 0) is 32.1 Å². The fraction of sp³-hybridized carbons (Fsp3) is 0.889. The minimum absolute atomic E-state index is 0.156. The van der Waals surface area contributed by atoms with Crippen LogP contribution in [0.2, 0.25) is 0 Å². The molecule has 0 spiro atoms. The van der Waals surface area contributed by atoms with E-state index in [9.17, 15) is 4.79 Å². The minimum atomic E-state index is -0.645. The molecule has 4 nitrogen and oxygen atoms in total. The van der Waals surface area contributed by atoms with Crippen LogP contribution >= 0.6 is 0 Å². The van der Waals surface area contributed by atoms with Crippen molar-refractivity contribution in [2.45, 2.75) is 71.1 Å². The zero-order valence-corrected chi connectivity index (χ0v) is 13.9. The zero-order valence-electron chi connectivity index (χ0n) is 13.9. The summed E-state index contributed by atoms with van der Waals surface area (Å²) < 4.78 is 5.91. The number of hydrogen-bond acceptors (Lipinski definition) is 3. The van der Waals surface area contributed by atoms with Crippen LogP contribution < -0.4 is 0 Å². The molecule has 1 aliphatic carbocycles. The SMILES string of the molecule is CCCCCCCC1CN=C(C2CCC(C(=O)O)CC2)OC1. The average molecular weight is 309 g/mol. The summed E-state index contributed by atoms with van der Waals surface area (Å²) in [4.78, 5) is 15.7. The molecule has 4 heteroatoms. The van der Waals surface area contributed by atoms with E-state index in [-0.39, 0.29) is 5.92 Å². The van der Waals surface area contributed by atoms with E-state index in [0.717, 1.165) is 44.7 Å². The van der Waals surface area contributed by atoms with E-state index in [1.54, 1.807) is 0 Å². The van der Waals surface area contributed by atoms with Gasteiger partial charge in [0.05, 0.1) is 12.5 Å². The number of carboxylic acids is 1. The maximum absolute atomic E-state index is 11.0. The molecule has 0 bridgehead atoms. The largest absolute Gasteiger partial charge is 0.481 e. The van der Waals surface area contributed by atoms with Gasteiger partial charge in [-0.2, -0.15) is 0 Å². The van der Waals surface area contributed by atoms with Crippen LogP contribution in [0, 0.1) is 17.8 Å². The van der Waals surface area contributed by atoms with Gasteiger partial charge < -0.3 is 9.84 Å². The average Bonchev–Trinajstić information content (AvgIpc) is 2.55. The van der Waals surface area contributed by atoms with Crippen molar-refractivity contribution in [1.82, 2.24) is 0 Å². The van der Waals surface area contributed by atoms with Gasteiger partial charge in [-0.3, -0.25) is 9.79 Å². The van der Waals surface area contributed by atoms with E-state index < -0.39 is 5.97 Å². The van der Waals surface area contributed by atoms with Crippen molar-refractivity contribution < 1.29 is 14.6 Å². The number of carboxylic acid groups (broad SMARTS) is 1. The van der Waals surface area contributed by atoms with E-state index in [1.807, 2.05) is 0 Å². The summed E-state index contributed by atoms with van der Waals surface area (Å²) in [5, 5.41) is 9.04. The van der Waals surface area contributed by atoms with Crippen molar-refractivity contribution >= 4 is 11.9 Å². The highest BCUT2D eigenvalue weighted by molar-refractivity contribution is 5.80. The Labute approximate surface area is 134 Å². The summed E-state index contributed by atoms with van der Waals surface area (Å²) >= 11 is 0. The number of nitrogens with zero attached hydrogens (tertiary/aromatic N) is 1. The molecule has 1 heterocycles. The van der Waals surface area contributed by atoms with E-state index in [2.05, 4.69) is 11.9 Å². The molecule has 0 saturated heterocycles. The molecule has 1 N–H and O–H groups in total. The summed E-state index contributed by atoms with van der Waals surface area (Å²) in [5.41, 5.74) is 0. The molecule has 0 aromatic heterocycles. The summed E-state index contributed by atoms with van der Waals surface area (Å²) in [7, 11) is 0. The third-order valence-corrected chi connectivity index (χ3v) is 5.11. The van der Waals surface area contributed by atoms with Crippen molar-refractivity contribution in [3.05, 3.63) is 0 Å². The van der Waals surface area contributed by atoms with E-state index in [4.69, 9.17) is 9.84 Å². The Morgan fingerprint density at radius 1 is 1.18 bits per heavy atom. The Hall–Kier alpha value is -1.06. The van der Waals surface area contributed by atoms with E-state index >= 15 is 0 Å². The molecule has 22 heavy (non-hydrogen) atoms. The van der Waals surface area contributed by atoms with Gasteiger partial charge in [0.15, 0.2) is 5.90 Å². The van der Waals surface area contributed by atoms with Crippen LogP contribution in [-0.4, -0.2) is 30.1 Å². The van der Waals surface area contributed by atoms with Gasteiger partial charge in [0.2, 0.25) is 0 Å². The summed E-state index contributed by atoms with van der Waals surface area (Å²) in [6, 6.07) is 0. The lowest BCUT2D eigenvalue weighted by atomic mass is 9.81. The second kappa shape index (κ2) is 9.16. The minimum Gasteiger partial charge on any atom is -0.481 e. The van der Waals surface area contributed by atoms with Crippen LogP contribution in [0.4, 0.5) is 0 Å². The van der Waals surface area contributed by atoms with Crippen LogP contribution in [0.3, 0.4) is 0 Å². The first-order chi connectivity index (χ1) is 10.7. The fourth-order valence-corrected chi connectivity index (χ4v) is 3.57. The maximum Gasteiger partial charge on any atom is 0.306 e. The molecule has 0 aromatic carbocycles. The van der Waals surface area contributed by atoms with Crippen molar-refractivity contribution in [1.29, 1.82) is 0 Å². The Kier molecular flexibility index (Phi) is 7.20. The maximum atomic E-state index is 11.0. The molecule has 1 unspecified atom stereocenters. The van der Waals surface area contributed by atoms with Gasteiger partial charge in [-0.1, -0.05) is 39.0 Å². The quantitative estimate of drug-likeness (QED) is 0.681. The number of carbonyl (C=O) groups is 1. The van der Waals surface area contributed by atoms with Gasteiger partial charge in [-0.25, -0.2) is 0 Å². The standard InChI is InChI=1S/C18H31NO3/c1-2-3-4-5-6-7-14-12-19-17(22-13-14)15-8-10-16(11-9-15)18(20)21/h14-16H,2-13H2,1H3,(H,20,21). The Bertz CT molecular complexity index is 373. The number of ether oxygens (including phenoxy) is 1. The third kappa shape index (κ3) is 5.29. The molecular formula is C18H31NO3. The van der Waals surface area contributed by atoms with Gasteiger partial charge in [0.1, 0.15) is 0 Å². The predicted octanol–water partition coefficient (Wildman–Crippen LogP) is 4.28. The summed E-state index contributed by atoms with van der Waals surface area (Å²) in [6.45, 7) is 3.96. The third-order valence-electron chi connectivity index (χ3n) is 5.11. The lowest BCUT2D eigenvalue weighted by Crippen LogP contribution is -2.32. The Morgan fingerprint density at radius 3 is 2.50 bits per heavy atom. The first-order valence-electron chi connectivity index (χ1n) is 9.10. The first kappa shape index (κ1) is 17.3. The fourth-order valence-electron chi connectivity index (χ4n) is 3.57. The number of aliphatic imine (C=N–C) groups is 1. The van der Waals surface area contributed by atoms with Gasteiger partial charge in [-0.15, -0.1) is 0 Å². The van der Waals surface area contributed by atoms with Crippen LogP contribution in [0.1, 0.15) is 71.1 Å². The molecule has 0 radical (unpaired) electrons. The summed E-state index contributed by atoms with van der Waals surface area (Å²) in [6.07, 6.45) is 11.2. The molecule has 1 atom stereocenters. The van der Waals surface area contributed by atoms with E-state index in [1.165, 1.54) is 38.5 Å². The number of hydrogen-bond donors (Lipinski definition) is 1. The first-order valence-corrected chi connectivity index (χ1v) is 9.10. The second-order valence-corrected chi connectivity index (χ2v) is 6.95. The molecular weight excluding hydrogens is 278 g/mol. The Morgan fingerprint density at radius 2 is 1.91 bits per heavy atom. The molecule has 0 amide bonds. The predicted molar refractivity (Wildman–Crippen MR) is 88.2 cm³/mol. The van der Waals surface area contributed by atoms with Gasteiger partial charge in [0.25, 0.3) is 0 Å². The van der Waals surface area contributed by atoms with Crippen LogP contribution in [-0.2, 0) is 9.53 Å². The molecule has 126 valence electrons. The van der Waals surface area contributed by atoms with Crippen molar-refractivity contribution in [2.75, 3.05) is 13.2 Å². The zero-order chi connectivity index (χ0) is 15.8. The van der Waals surface area contributed by atoms with E-state index in [0.29, 0.717) is 11.8 Å². The monoisotopic (exact) mass is 309 g/mol. The number of aliphatic carboxylic acids is 1. The summed E-state index contributed by atoms with van der Waals surface area (Å²) in [5.74, 6) is 1.05. The highest BCUT2D eigenvalue weighted by atomic mass is 16.5. The normalized spacial score (nSPS) is 28.8. The molecule has 1 saturated carbocycles. The molecule has 2 aliphatic rings. The lowest BCUT2D eigenvalue weighted by Gasteiger charge is -2.30. The molecule has 0 aromatic rings. The van der Waals surface area contributed by atoms with Gasteiger partial charge in [0, 0.05) is 18.4 Å². The Balaban J connectivity index is 1.65. The van der Waals surface area contributed by atoms with Crippen LogP contribution in [0.5, 0.6) is 0 Å². The van der Waals surface area contributed by atoms with Gasteiger partial charge >= 0.3 is 5.97 Å².